The third kappa shape index (κ3) is 4.06. The first-order valence-corrected chi connectivity index (χ1v) is 8.55. The molecule has 5 heteroatoms. The number of nitrogens with one attached hydrogen (secondary N) is 1. The van der Waals surface area contributed by atoms with Gasteiger partial charge >= 0.3 is 0 Å². The Kier molecular flexibility index (Phi) is 5.01. The van der Waals surface area contributed by atoms with E-state index in [9.17, 15) is 4.79 Å². The summed E-state index contributed by atoms with van der Waals surface area (Å²) >= 11 is 1.35. The zero-order valence-electron chi connectivity index (χ0n) is 13.6. The first-order valence-electron chi connectivity index (χ1n) is 7.73. The van der Waals surface area contributed by atoms with Gasteiger partial charge in [-0.25, -0.2) is 4.99 Å². The van der Waals surface area contributed by atoms with E-state index in [0.29, 0.717) is 16.7 Å². The normalized spacial score (nSPS) is 17.3. The van der Waals surface area contributed by atoms with E-state index < -0.39 is 0 Å². The fourth-order valence-electron chi connectivity index (χ4n) is 2.20. The molecule has 1 aliphatic heterocycles. The molecular weight excluding hydrogens is 320 g/mol. The van der Waals surface area contributed by atoms with E-state index in [0.717, 1.165) is 17.0 Å². The Morgan fingerprint density at radius 3 is 2.50 bits per heavy atom. The van der Waals surface area contributed by atoms with E-state index in [1.165, 1.54) is 17.3 Å². The number of hydrogen-bond donors (Lipinski definition) is 1. The molecule has 2 aromatic carbocycles. The molecule has 1 heterocycles. The van der Waals surface area contributed by atoms with Crippen LogP contribution in [0.25, 0.3) is 6.08 Å². The highest BCUT2D eigenvalue weighted by molar-refractivity contribution is 8.18. The molecule has 0 radical (unpaired) electrons. The third-order valence-electron chi connectivity index (χ3n) is 3.40. The second-order valence-corrected chi connectivity index (χ2v) is 6.35. The molecule has 0 saturated carbocycles. The van der Waals surface area contributed by atoms with Crippen molar-refractivity contribution in [2.24, 2.45) is 4.99 Å². The van der Waals surface area contributed by atoms with Crippen molar-refractivity contribution in [2.75, 3.05) is 6.61 Å². The van der Waals surface area contributed by atoms with Crippen LogP contribution in [-0.4, -0.2) is 17.7 Å². The Labute approximate surface area is 145 Å². The van der Waals surface area contributed by atoms with Gasteiger partial charge in [0.25, 0.3) is 5.91 Å². The number of thioether (sulfide) groups is 1. The number of carbonyl (C=O) groups is 1. The molecule has 1 N–H and O–H groups in total. The Morgan fingerprint density at radius 2 is 1.83 bits per heavy atom. The zero-order chi connectivity index (χ0) is 16.9. The lowest BCUT2D eigenvalue weighted by molar-refractivity contribution is -0.115. The number of ether oxygens (including phenoxy) is 1. The largest absolute Gasteiger partial charge is 0.494 e. The standard InChI is InChI=1S/C19H18N2O2S/c1-3-23-16-10-6-14(7-11-16)12-17-18(22)21-19(24-17)20-15-8-4-13(2)5-9-15/h4-12H,3H2,1-2H3,(H,20,21,22)/b17-12-. The van der Waals surface area contributed by atoms with Gasteiger partial charge in [0.2, 0.25) is 0 Å². The Morgan fingerprint density at radius 1 is 1.12 bits per heavy atom. The van der Waals surface area contributed by atoms with Gasteiger partial charge in [0.1, 0.15) is 5.75 Å². The smallest absolute Gasteiger partial charge is 0.264 e. The highest BCUT2D eigenvalue weighted by Gasteiger charge is 2.23. The van der Waals surface area contributed by atoms with E-state index in [-0.39, 0.29) is 5.91 Å². The number of aryl methyl sites for hydroxylation is 1. The van der Waals surface area contributed by atoms with Gasteiger partial charge in [-0.05, 0) is 61.5 Å². The topological polar surface area (TPSA) is 50.7 Å². The van der Waals surface area contributed by atoms with Crippen LogP contribution >= 0.6 is 11.8 Å². The van der Waals surface area contributed by atoms with E-state index in [4.69, 9.17) is 4.74 Å². The second kappa shape index (κ2) is 7.36. The molecule has 0 unspecified atom stereocenters. The lowest BCUT2D eigenvalue weighted by Gasteiger charge is -2.02. The fourth-order valence-corrected chi connectivity index (χ4v) is 3.04. The summed E-state index contributed by atoms with van der Waals surface area (Å²) in [7, 11) is 0. The van der Waals surface area contributed by atoms with Gasteiger partial charge in [-0.2, -0.15) is 0 Å². The van der Waals surface area contributed by atoms with Crippen molar-refractivity contribution in [1.82, 2.24) is 5.32 Å². The average molecular weight is 338 g/mol. The van der Waals surface area contributed by atoms with Crippen molar-refractivity contribution in [2.45, 2.75) is 13.8 Å². The first kappa shape index (κ1) is 16.3. The van der Waals surface area contributed by atoms with Crippen LogP contribution in [0.15, 0.2) is 58.4 Å². The molecule has 0 spiro atoms. The summed E-state index contributed by atoms with van der Waals surface area (Å²) in [5, 5.41) is 3.40. The monoisotopic (exact) mass is 338 g/mol. The molecule has 1 amide bonds. The highest BCUT2D eigenvalue weighted by Crippen LogP contribution is 2.28. The van der Waals surface area contributed by atoms with Crippen LogP contribution in [0.5, 0.6) is 5.75 Å². The van der Waals surface area contributed by atoms with Crippen molar-refractivity contribution in [3.63, 3.8) is 0 Å². The zero-order valence-corrected chi connectivity index (χ0v) is 14.4. The minimum absolute atomic E-state index is 0.125. The third-order valence-corrected chi connectivity index (χ3v) is 4.31. The summed E-state index contributed by atoms with van der Waals surface area (Å²) in [6, 6.07) is 15.5. The van der Waals surface area contributed by atoms with E-state index >= 15 is 0 Å². The molecule has 3 rings (SSSR count). The van der Waals surface area contributed by atoms with Gasteiger partial charge in [0, 0.05) is 0 Å². The summed E-state index contributed by atoms with van der Waals surface area (Å²) in [5.74, 6) is 0.699. The molecule has 0 aliphatic carbocycles. The Bertz CT molecular complexity index is 793. The molecule has 1 saturated heterocycles. The predicted octanol–water partition coefficient (Wildman–Crippen LogP) is 4.29. The first-order chi connectivity index (χ1) is 11.6. The maximum absolute atomic E-state index is 12.1. The second-order valence-electron chi connectivity index (χ2n) is 5.32. The number of rotatable bonds is 4. The van der Waals surface area contributed by atoms with Gasteiger partial charge < -0.3 is 10.1 Å². The quantitative estimate of drug-likeness (QED) is 0.846. The van der Waals surface area contributed by atoms with Gasteiger partial charge in [-0.1, -0.05) is 29.8 Å². The fraction of sp³-hybridized carbons (Fsp3) is 0.158. The molecular formula is C19H18N2O2S. The summed E-state index contributed by atoms with van der Waals surface area (Å²) in [6.07, 6.45) is 1.85. The number of hydrogen-bond acceptors (Lipinski definition) is 4. The lowest BCUT2D eigenvalue weighted by Crippen LogP contribution is -2.19. The maximum Gasteiger partial charge on any atom is 0.264 e. The molecule has 24 heavy (non-hydrogen) atoms. The van der Waals surface area contributed by atoms with Crippen molar-refractivity contribution < 1.29 is 9.53 Å². The number of benzene rings is 2. The van der Waals surface area contributed by atoms with Crippen LogP contribution in [0.1, 0.15) is 18.1 Å². The van der Waals surface area contributed by atoms with Gasteiger partial charge in [0.15, 0.2) is 5.17 Å². The van der Waals surface area contributed by atoms with Gasteiger partial charge in [-0.3, -0.25) is 4.79 Å². The Balaban J connectivity index is 1.75. The predicted molar refractivity (Wildman–Crippen MR) is 99.6 cm³/mol. The molecule has 0 bridgehead atoms. The van der Waals surface area contributed by atoms with Crippen LogP contribution in [0.2, 0.25) is 0 Å². The molecule has 122 valence electrons. The number of aliphatic imine (C=N–C) groups is 1. The van der Waals surface area contributed by atoms with Crippen LogP contribution in [-0.2, 0) is 4.79 Å². The molecule has 1 fully saturated rings. The number of nitrogens with zero attached hydrogens (tertiary/aromatic N) is 1. The molecule has 1 aliphatic rings. The van der Waals surface area contributed by atoms with Crippen LogP contribution < -0.4 is 10.1 Å². The summed E-state index contributed by atoms with van der Waals surface area (Å²) in [5.41, 5.74) is 2.96. The SMILES string of the molecule is CCOc1ccc(/C=C2\SC(=Nc3ccc(C)cc3)NC2=O)cc1. The minimum atomic E-state index is -0.125. The molecule has 0 aromatic heterocycles. The van der Waals surface area contributed by atoms with Crippen molar-refractivity contribution in [3.8, 4) is 5.75 Å². The van der Waals surface area contributed by atoms with Crippen molar-refractivity contribution in [1.29, 1.82) is 0 Å². The number of carbonyl (C=O) groups excluding carboxylic acids is 1. The summed E-state index contributed by atoms with van der Waals surface area (Å²) in [6.45, 7) is 4.61. The van der Waals surface area contributed by atoms with E-state index in [1.807, 2.05) is 68.5 Å². The molecule has 0 atom stereocenters. The van der Waals surface area contributed by atoms with Gasteiger partial charge in [-0.15, -0.1) is 0 Å². The molecule has 4 nitrogen and oxygen atoms in total. The molecule has 2 aromatic rings. The van der Waals surface area contributed by atoms with E-state index in [2.05, 4.69) is 10.3 Å². The average Bonchev–Trinajstić information content (AvgIpc) is 2.91. The van der Waals surface area contributed by atoms with Crippen molar-refractivity contribution in [3.05, 3.63) is 64.6 Å². The van der Waals surface area contributed by atoms with Crippen molar-refractivity contribution >= 4 is 34.6 Å². The summed E-state index contributed by atoms with van der Waals surface area (Å²) < 4.78 is 5.42. The Hall–Kier alpha value is -2.53. The summed E-state index contributed by atoms with van der Waals surface area (Å²) in [4.78, 5) is 17.2. The maximum atomic E-state index is 12.1. The van der Waals surface area contributed by atoms with Crippen LogP contribution in [0.4, 0.5) is 5.69 Å². The lowest BCUT2D eigenvalue weighted by atomic mass is 10.2. The van der Waals surface area contributed by atoms with Crippen LogP contribution in [0, 0.1) is 6.92 Å². The van der Waals surface area contributed by atoms with Crippen LogP contribution in [0.3, 0.4) is 0 Å². The minimum Gasteiger partial charge on any atom is -0.494 e. The van der Waals surface area contributed by atoms with Gasteiger partial charge in [0.05, 0.1) is 17.2 Å². The number of amidine groups is 1. The number of amides is 1. The highest BCUT2D eigenvalue weighted by atomic mass is 32.2. The van der Waals surface area contributed by atoms with E-state index in [1.54, 1.807) is 0 Å².